The number of carbonyl (C=O) groups excluding carboxylic acids is 2. The van der Waals surface area contributed by atoms with Crippen LogP contribution < -0.4 is 5.32 Å². The minimum absolute atomic E-state index is 0.138. The fourth-order valence-corrected chi connectivity index (χ4v) is 3.02. The van der Waals surface area contributed by atoms with E-state index in [1.165, 1.54) is 4.90 Å². The van der Waals surface area contributed by atoms with Gasteiger partial charge in [0, 0.05) is 29.8 Å². The highest BCUT2D eigenvalue weighted by molar-refractivity contribution is 5.99. The van der Waals surface area contributed by atoms with Crippen molar-refractivity contribution in [1.82, 2.24) is 10.1 Å². The molecule has 1 heterocycles. The molecule has 2 aromatic rings. The first kappa shape index (κ1) is 22.5. The summed E-state index contributed by atoms with van der Waals surface area (Å²) in [5.41, 5.74) is 1.14. The first-order valence-corrected chi connectivity index (χ1v) is 9.56. The Morgan fingerprint density at radius 2 is 1.59 bits per heavy atom. The number of likely N-dealkylation sites (N-methyl/N-ethyl adjacent to an activating group) is 1. The van der Waals surface area contributed by atoms with E-state index in [-0.39, 0.29) is 34.9 Å². The topological polar surface area (TPSA) is 95.7 Å². The number of phenols is 1. The Morgan fingerprint density at radius 1 is 1.07 bits per heavy atom. The van der Waals surface area contributed by atoms with Crippen molar-refractivity contribution in [2.45, 2.75) is 59.3 Å². The Labute approximate surface area is 172 Å². The molecule has 0 saturated carbocycles. The Morgan fingerprint density at radius 3 is 2.00 bits per heavy atom. The van der Waals surface area contributed by atoms with Crippen molar-refractivity contribution in [3.8, 4) is 5.75 Å². The van der Waals surface area contributed by atoms with Crippen molar-refractivity contribution in [2.75, 3.05) is 18.9 Å². The minimum Gasteiger partial charge on any atom is -0.507 e. The third kappa shape index (κ3) is 5.37. The van der Waals surface area contributed by atoms with Crippen molar-refractivity contribution in [2.24, 2.45) is 0 Å². The molecule has 7 nitrogen and oxygen atoms in total. The van der Waals surface area contributed by atoms with Gasteiger partial charge < -0.3 is 19.8 Å². The Bertz CT molecular complexity index is 882. The number of carbonyl (C=O) groups is 2. The van der Waals surface area contributed by atoms with Gasteiger partial charge in [-0.2, -0.15) is 0 Å². The van der Waals surface area contributed by atoms with Crippen molar-refractivity contribution >= 4 is 17.6 Å². The second-order valence-corrected chi connectivity index (χ2v) is 9.45. The van der Waals surface area contributed by atoms with Crippen LogP contribution in [-0.4, -0.2) is 40.6 Å². The maximum Gasteiger partial charge on any atom is 0.254 e. The summed E-state index contributed by atoms with van der Waals surface area (Å²) < 4.78 is 4.92. The third-order valence-electron chi connectivity index (χ3n) is 4.60. The zero-order chi connectivity index (χ0) is 22.1. The predicted octanol–water partition coefficient (Wildman–Crippen LogP) is 3.99. The molecule has 1 aromatic heterocycles. The number of rotatable bonds is 4. The van der Waals surface area contributed by atoms with Gasteiger partial charge in [-0.1, -0.05) is 46.7 Å². The van der Waals surface area contributed by atoms with Crippen molar-refractivity contribution in [1.29, 1.82) is 0 Å². The number of amides is 2. The molecule has 0 spiro atoms. The van der Waals surface area contributed by atoms with Gasteiger partial charge in [0.1, 0.15) is 11.5 Å². The van der Waals surface area contributed by atoms with Crippen LogP contribution in [-0.2, 0) is 15.6 Å². The molecule has 1 aromatic carbocycles. The molecule has 0 saturated heterocycles. The molecule has 0 radical (unpaired) electrons. The Balaban J connectivity index is 2.29. The molecular formula is C22H31N3O4. The zero-order valence-electron chi connectivity index (χ0n) is 18.5. The molecule has 0 bridgehead atoms. The number of aromatic hydroxyl groups is 1. The second-order valence-electron chi connectivity index (χ2n) is 9.45. The number of phenolic OH excluding ortho intramolecular Hbond substituents is 1. The molecule has 0 unspecified atom stereocenters. The lowest BCUT2D eigenvalue weighted by Gasteiger charge is -2.28. The highest BCUT2D eigenvalue weighted by Gasteiger charge is 2.28. The number of hydrogen-bond acceptors (Lipinski definition) is 5. The number of nitrogens with one attached hydrogen (secondary N) is 1. The van der Waals surface area contributed by atoms with Crippen LogP contribution in [0.2, 0.25) is 0 Å². The average molecular weight is 402 g/mol. The smallest absolute Gasteiger partial charge is 0.254 e. The predicted molar refractivity (Wildman–Crippen MR) is 112 cm³/mol. The molecule has 0 aliphatic heterocycles. The summed E-state index contributed by atoms with van der Waals surface area (Å²) in [6.07, 6.45) is 0. The molecule has 158 valence electrons. The lowest BCUT2D eigenvalue weighted by Crippen LogP contribution is -2.35. The minimum atomic E-state index is -0.375. The molecule has 0 atom stereocenters. The summed E-state index contributed by atoms with van der Waals surface area (Å²) in [5, 5.41) is 17.1. The first-order chi connectivity index (χ1) is 13.2. The number of aromatic nitrogens is 1. The lowest BCUT2D eigenvalue weighted by atomic mass is 9.78. The van der Waals surface area contributed by atoms with Crippen LogP contribution >= 0.6 is 0 Å². The zero-order valence-corrected chi connectivity index (χ0v) is 18.5. The van der Waals surface area contributed by atoms with Gasteiger partial charge in [-0.05, 0) is 29.9 Å². The van der Waals surface area contributed by atoms with Gasteiger partial charge in [-0.15, -0.1) is 0 Å². The van der Waals surface area contributed by atoms with Crippen LogP contribution in [0.15, 0.2) is 22.7 Å². The van der Waals surface area contributed by atoms with E-state index in [0.717, 1.165) is 0 Å². The van der Waals surface area contributed by atoms with E-state index in [1.807, 2.05) is 41.5 Å². The number of benzene rings is 1. The molecule has 0 aliphatic carbocycles. The van der Waals surface area contributed by atoms with Crippen molar-refractivity contribution in [3.05, 3.63) is 40.6 Å². The average Bonchev–Trinajstić information content (AvgIpc) is 2.96. The first-order valence-electron chi connectivity index (χ1n) is 9.56. The van der Waals surface area contributed by atoms with Gasteiger partial charge in [0.15, 0.2) is 5.82 Å². The summed E-state index contributed by atoms with van der Waals surface area (Å²) in [6, 6.07) is 5.02. The lowest BCUT2D eigenvalue weighted by molar-refractivity contribution is -0.116. The van der Waals surface area contributed by atoms with E-state index < -0.39 is 0 Å². The number of anilines is 1. The highest BCUT2D eigenvalue weighted by atomic mass is 16.5. The van der Waals surface area contributed by atoms with Gasteiger partial charge >= 0.3 is 0 Å². The molecule has 2 rings (SSSR count). The van der Waals surface area contributed by atoms with Crippen LogP contribution in [0.5, 0.6) is 5.75 Å². The molecule has 7 heteroatoms. The van der Waals surface area contributed by atoms with E-state index in [9.17, 15) is 14.7 Å². The van der Waals surface area contributed by atoms with E-state index in [4.69, 9.17) is 4.52 Å². The molecule has 2 N–H and O–H groups in total. The molecule has 29 heavy (non-hydrogen) atoms. The molecule has 0 fully saturated rings. The van der Waals surface area contributed by atoms with Crippen LogP contribution in [0, 0.1) is 6.92 Å². The van der Waals surface area contributed by atoms with Gasteiger partial charge in [0.25, 0.3) is 5.91 Å². The largest absolute Gasteiger partial charge is 0.507 e. The summed E-state index contributed by atoms with van der Waals surface area (Å²) in [4.78, 5) is 26.6. The van der Waals surface area contributed by atoms with E-state index >= 15 is 0 Å². The quantitative estimate of drug-likeness (QED) is 0.807. The van der Waals surface area contributed by atoms with Gasteiger partial charge in [0.2, 0.25) is 5.91 Å². The van der Waals surface area contributed by atoms with Crippen LogP contribution in [0.1, 0.15) is 68.8 Å². The van der Waals surface area contributed by atoms with Gasteiger partial charge in [0.05, 0.1) is 6.54 Å². The number of aryl methyl sites for hydroxylation is 1. The Hall–Kier alpha value is -2.83. The van der Waals surface area contributed by atoms with E-state index in [0.29, 0.717) is 28.3 Å². The summed E-state index contributed by atoms with van der Waals surface area (Å²) in [5.74, 6) is 0.428. The van der Waals surface area contributed by atoms with Crippen molar-refractivity contribution in [3.63, 3.8) is 0 Å². The van der Waals surface area contributed by atoms with E-state index in [1.54, 1.807) is 32.2 Å². The van der Waals surface area contributed by atoms with Crippen molar-refractivity contribution < 1.29 is 19.2 Å². The number of nitrogens with zero attached hydrogens (tertiary/aromatic N) is 2. The van der Waals surface area contributed by atoms with E-state index in [2.05, 4.69) is 10.5 Å². The Kier molecular flexibility index (Phi) is 6.11. The fourth-order valence-electron chi connectivity index (χ4n) is 3.02. The molecule has 2 amide bonds. The monoisotopic (exact) mass is 401 g/mol. The number of hydrogen-bond donors (Lipinski definition) is 2. The van der Waals surface area contributed by atoms with Crippen LogP contribution in [0.4, 0.5) is 5.82 Å². The highest BCUT2D eigenvalue weighted by Crippen LogP contribution is 2.39. The maximum atomic E-state index is 13.0. The second kappa shape index (κ2) is 7.89. The summed E-state index contributed by atoms with van der Waals surface area (Å²) in [6.45, 7) is 13.5. The fraction of sp³-hybridized carbons (Fsp3) is 0.500. The SMILES string of the molecule is Cc1cc(NC(=O)CN(C)C(=O)c2cc(C(C)(C)C)c(O)c(C(C)(C)C)c2)no1. The van der Waals surface area contributed by atoms with Gasteiger partial charge in [-0.3, -0.25) is 9.59 Å². The molecular weight excluding hydrogens is 370 g/mol. The van der Waals surface area contributed by atoms with Crippen LogP contribution in [0.3, 0.4) is 0 Å². The van der Waals surface area contributed by atoms with Gasteiger partial charge in [-0.25, -0.2) is 0 Å². The normalized spacial score (nSPS) is 12.0. The summed E-state index contributed by atoms with van der Waals surface area (Å²) >= 11 is 0. The third-order valence-corrected chi connectivity index (χ3v) is 4.60. The maximum absolute atomic E-state index is 13.0. The summed E-state index contributed by atoms with van der Waals surface area (Å²) in [7, 11) is 1.57. The van der Waals surface area contributed by atoms with Crippen LogP contribution in [0.25, 0.3) is 0 Å². The molecule has 0 aliphatic rings. The standard InChI is InChI=1S/C22H31N3O4/c1-13-9-17(24-29-13)23-18(26)12-25(8)20(28)14-10-15(21(2,3)4)19(27)16(11-14)22(5,6)7/h9-11,27H,12H2,1-8H3,(H,23,24,26).